The Bertz CT molecular complexity index is 1360. The summed E-state index contributed by atoms with van der Waals surface area (Å²) < 4.78 is 16.8. The third-order valence-electron chi connectivity index (χ3n) is 9.03. The van der Waals surface area contributed by atoms with Crippen LogP contribution in [0.4, 0.5) is 5.69 Å². The second kappa shape index (κ2) is 17.0. The first kappa shape index (κ1) is 39.6. The average Bonchev–Trinajstić information content (AvgIpc) is 3.05. The number of non-ortho nitro benzene ring substituents is 1. The van der Waals surface area contributed by atoms with Crippen LogP contribution in [-0.2, 0) is 49.4 Å². The Hall–Kier alpha value is -4.56. The van der Waals surface area contributed by atoms with Crippen molar-refractivity contribution in [1.82, 2.24) is 14.7 Å². The molecule has 1 aliphatic rings. The number of rotatable bonds is 7. The Kier molecular flexibility index (Phi) is 14.0. The maximum Gasteiger partial charge on any atom is 0.329 e. The number of esters is 3. The molecule has 1 fully saturated rings. The normalized spacial score (nSPS) is 27.0. The number of likely N-dealkylation sites (N-methyl/N-ethyl adjacent to an activating group) is 3. The highest BCUT2D eigenvalue weighted by Gasteiger charge is 2.42. The Balaban J connectivity index is 2.71. The lowest BCUT2D eigenvalue weighted by Crippen LogP contribution is -2.56. The van der Waals surface area contributed by atoms with Gasteiger partial charge in [-0.25, -0.2) is 14.4 Å². The van der Waals surface area contributed by atoms with Crippen molar-refractivity contribution in [3.05, 3.63) is 39.9 Å². The van der Waals surface area contributed by atoms with Crippen LogP contribution < -0.4 is 0 Å². The van der Waals surface area contributed by atoms with Gasteiger partial charge in [0.1, 0.15) is 18.1 Å². The second-order valence-corrected chi connectivity index (χ2v) is 12.4. The molecule has 0 N–H and O–H groups in total. The summed E-state index contributed by atoms with van der Waals surface area (Å²) in [6, 6.07) is 1.76. The zero-order chi connectivity index (χ0) is 36.6. The molecule has 1 heterocycles. The molecule has 0 bridgehead atoms. The lowest BCUT2D eigenvalue weighted by molar-refractivity contribution is -0.384. The fourth-order valence-corrected chi connectivity index (χ4v) is 5.39. The van der Waals surface area contributed by atoms with Gasteiger partial charge >= 0.3 is 17.9 Å². The average molecular weight is 677 g/mol. The van der Waals surface area contributed by atoms with E-state index in [1.165, 1.54) is 66.2 Å². The molecule has 266 valence electrons. The number of carbonyl (C=O) groups excluding carboxylic acids is 6. The monoisotopic (exact) mass is 676 g/mol. The minimum absolute atomic E-state index is 0.182. The number of nitrogens with zero attached hydrogens (tertiary/aromatic N) is 4. The number of ether oxygens (including phenoxy) is 3. The van der Waals surface area contributed by atoms with Crippen molar-refractivity contribution in [2.45, 2.75) is 104 Å². The molecular weight excluding hydrogens is 628 g/mol. The van der Waals surface area contributed by atoms with Crippen LogP contribution in [0.1, 0.15) is 66.9 Å². The van der Waals surface area contributed by atoms with Crippen molar-refractivity contribution in [1.29, 1.82) is 0 Å². The Morgan fingerprint density at radius 2 is 1.10 bits per heavy atom. The molecule has 2 rings (SSSR count). The lowest BCUT2D eigenvalue weighted by Gasteiger charge is -2.36. The van der Waals surface area contributed by atoms with Gasteiger partial charge in [0, 0.05) is 39.7 Å². The van der Waals surface area contributed by atoms with Crippen LogP contribution in [0, 0.1) is 22.0 Å². The largest absolute Gasteiger partial charge is 0.451 e. The number of cyclic esters (lactones) is 3. The first-order chi connectivity index (χ1) is 22.4. The third kappa shape index (κ3) is 9.28. The third-order valence-corrected chi connectivity index (χ3v) is 9.03. The minimum atomic E-state index is -1.53. The molecule has 1 saturated heterocycles. The summed E-state index contributed by atoms with van der Waals surface area (Å²) in [4.78, 5) is 95.3. The van der Waals surface area contributed by atoms with Gasteiger partial charge in [0.2, 0.25) is 0 Å². The van der Waals surface area contributed by atoms with E-state index in [1.54, 1.807) is 27.7 Å². The highest BCUT2D eigenvalue weighted by Crippen LogP contribution is 2.23. The maximum absolute atomic E-state index is 14.2. The molecule has 1 aromatic carbocycles. The molecule has 48 heavy (non-hydrogen) atoms. The minimum Gasteiger partial charge on any atom is -0.451 e. The number of nitro groups is 1. The molecule has 15 nitrogen and oxygen atoms in total. The fourth-order valence-electron chi connectivity index (χ4n) is 5.39. The Labute approximate surface area is 281 Å². The quantitative estimate of drug-likeness (QED) is 0.179. The van der Waals surface area contributed by atoms with E-state index >= 15 is 0 Å². The SMILES string of the molecule is CCC(C)[C@H]1C(=O)O[C@H](Cc2ccc([N+](=O)[O-])cc2)C(=O)N(C)[C@@H](C(C)CC)C(=O)O[C@H](C)C(=O)N(C)[C@@H](C)C(=O)O[C@H](C)C(=O)N1C. The predicted octanol–water partition coefficient (Wildman–Crippen LogP) is 2.52. The number of carbonyl (C=O) groups is 6. The molecule has 1 aromatic rings. The molecule has 2 unspecified atom stereocenters. The van der Waals surface area contributed by atoms with E-state index in [4.69, 9.17) is 14.2 Å². The van der Waals surface area contributed by atoms with E-state index in [9.17, 15) is 38.9 Å². The molecule has 1 aliphatic heterocycles. The standard InChI is InChI=1S/C33H48N4O11/c1-11-18(3)26-32(42)47-21(6)28(38)34(8)20(5)31(41)46-22(7)29(39)35(9)27(19(4)12-2)33(43)48-25(30(40)36(26)10)17-23-13-15-24(16-14-23)37(44)45/h13-16,18-22,25-27H,11-12,17H2,1-10H3/t18?,19?,20-,21+,22+,25+,26-,27-/m0/s1. The molecule has 0 saturated carbocycles. The Morgan fingerprint density at radius 1 is 0.688 bits per heavy atom. The van der Waals surface area contributed by atoms with E-state index in [0.29, 0.717) is 18.4 Å². The molecule has 15 heteroatoms. The van der Waals surface area contributed by atoms with Gasteiger partial charge in [-0.3, -0.25) is 24.5 Å². The summed E-state index contributed by atoms with van der Waals surface area (Å²) in [7, 11) is 4.04. The van der Waals surface area contributed by atoms with Gasteiger partial charge in [-0.05, 0) is 38.2 Å². The smallest absolute Gasteiger partial charge is 0.329 e. The van der Waals surface area contributed by atoms with Crippen molar-refractivity contribution in [3.63, 3.8) is 0 Å². The topological polar surface area (TPSA) is 183 Å². The maximum atomic E-state index is 14.2. The summed E-state index contributed by atoms with van der Waals surface area (Å²) in [6.45, 7) is 11.1. The number of amides is 3. The highest BCUT2D eigenvalue weighted by molar-refractivity contribution is 5.93. The fraction of sp³-hybridized carbons (Fsp3) is 0.636. The molecule has 0 aliphatic carbocycles. The van der Waals surface area contributed by atoms with Crippen LogP contribution in [0.15, 0.2) is 24.3 Å². The lowest BCUT2D eigenvalue weighted by atomic mass is 9.96. The van der Waals surface area contributed by atoms with Crippen molar-refractivity contribution in [2.24, 2.45) is 11.8 Å². The van der Waals surface area contributed by atoms with Gasteiger partial charge in [0.15, 0.2) is 18.3 Å². The van der Waals surface area contributed by atoms with Gasteiger partial charge < -0.3 is 28.9 Å². The summed E-state index contributed by atoms with van der Waals surface area (Å²) in [5.41, 5.74) is 0.241. The molecule has 0 spiro atoms. The van der Waals surface area contributed by atoms with Gasteiger partial charge in [-0.1, -0.05) is 52.7 Å². The van der Waals surface area contributed by atoms with Gasteiger partial charge in [-0.2, -0.15) is 0 Å². The molecule has 0 radical (unpaired) electrons. The van der Waals surface area contributed by atoms with E-state index in [1.807, 2.05) is 0 Å². The summed E-state index contributed by atoms with van der Waals surface area (Å²) in [5, 5.41) is 11.2. The summed E-state index contributed by atoms with van der Waals surface area (Å²) >= 11 is 0. The van der Waals surface area contributed by atoms with Crippen molar-refractivity contribution < 1.29 is 47.9 Å². The van der Waals surface area contributed by atoms with Crippen LogP contribution in [0.5, 0.6) is 0 Å². The molecule has 8 atom stereocenters. The van der Waals surface area contributed by atoms with Crippen LogP contribution >= 0.6 is 0 Å². The highest BCUT2D eigenvalue weighted by atomic mass is 16.6. The number of nitro benzene ring substituents is 1. The van der Waals surface area contributed by atoms with E-state index in [-0.39, 0.29) is 12.1 Å². The van der Waals surface area contributed by atoms with Crippen molar-refractivity contribution in [2.75, 3.05) is 21.1 Å². The second-order valence-electron chi connectivity index (χ2n) is 12.4. The first-order valence-electron chi connectivity index (χ1n) is 16.0. The molecule has 3 amide bonds. The van der Waals surface area contributed by atoms with Gasteiger partial charge in [0.05, 0.1) is 4.92 Å². The predicted molar refractivity (Wildman–Crippen MR) is 172 cm³/mol. The molecular formula is C33H48N4O11. The van der Waals surface area contributed by atoms with E-state index in [2.05, 4.69) is 0 Å². The van der Waals surface area contributed by atoms with Crippen LogP contribution in [-0.4, -0.2) is 113 Å². The van der Waals surface area contributed by atoms with Crippen molar-refractivity contribution in [3.8, 4) is 0 Å². The van der Waals surface area contributed by atoms with Crippen LogP contribution in [0.2, 0.25) is 0 Å². The number of hydrogen-bond acceptors (Lipinski definition) is 11. The number of benzene rings is 1. The van der Waals surface area contributed by atoms with Gasteiger partial charge in [0.25, 0.3) is 23.4 Å². The van der Waals surface area contributed by atoms with Crippen LogP contribution in [0.3, 0.4) is 0 Å². The van der Waals surface area contributed by atoms with E-state index in [0.717, 1.165) is 14.7 Å². The number of hydrogen-bond donors (Lipinski definition) is 0. The first-order valence-corrected chi connectivity index (χ1v) is 16.0. The summed E-state index contributed by atoms with van der Waals surface area (Å²) in [6.07, 6.45) is -3.61. The zero-order valence-electron chi connectivity index (χ0n) is 29.3. The summed E-state index contributed by atoms with van der Waals surface area (Å²) in [5.74, 6) is -5.85. The van der Waals surface area contributed by atoms with Crippen LogP contribution in [0.25, 0.3) is 0 Å². The Morgan fingerprint density at radius 3 is 1.56 bits per heavy atom. The molecule has 0 aromatic heterocycles. The van der Waals surface area contributed by atoms with E-state index < -0.39 is 88.8 Å². The zero-order valence-corrected chi connectivity index (χ0v) is 29.3. The van der Waals surface area contributed by atoms with Gasteiger partial charge in [-0.15, -0.1) is 0 Å². The van der Waals surface area contributed by atoms with Crippen molar-refractivity contribution >= 4 is 41.3 Å².